The third kappa shape index (κ3) is 5.54. The largest absolute Gasteiger partial charge is 0.497 e. The molecular formula is C27H29N3O3S. The van der Waals surface area contributed by atoms with Crippen molar-refractivity contribution in [1.82, 2.24) is 9.88 Å². The van der Waals surface area contributed by atoms with Crippen molar-refractivity contribution in [3.8, 4) is 16.9 Å². The summed E-state index contributed by atoms with van der Waals surface area (Å²) < 4.78 is 5.37. The van der Waals surface area contributed by atoms with Crippen LogP contribution in [0, 0.1) is 0 Å². The average Bonchev–Trinajstić information content (AvgIpc) is 3.38. The zero-order valence-corrected chi connectivity index (χ0v) is 20.1. The number of nitrogens with zero attached hydrogens (tertiary/aromatic N) is 2. The number of rotatable bonds is 8. The number of carbonyl (C=O) groups is 2. The van der Waals surface area contributed by atoms with Gasteiger partial charge in [0, 0.05) is 42.4 Å². The molecule has 1 saturated heterocycles. The Kier molecular flexibility index (Phi) is 7.75. The lowest BCUT2D eigenvalue weighted by molar-refractivity contribution is -0.132. The van der Waals surface area contributed by atoms with Crippen molar-refractivity contribution in [3.63, 3.8) is 0 Å². The van der Waals surface area contributed by atoms with E-state index < -0.39 is 0 Å². The first-order valence-corrected chi connectivity index (χ1v) is 12.4. The van der Waals surface area contributed by atoms with Crippen LogP contribution in [0.25, 0.3) is 11.1 Å². The van der Waals surface area contributed by atoms with Gasteiger partial charge in [-0.25, -0.2) is 4.98 Å². The quantitative estimate of drug-likeness (QED) is 0.422. The zero-order valence-electron chi connectivity index (χ0n) is 19.3. The molecule has 34 heavy (non-hydrogen) atoms. The Morgan fingerprint density at radius 3 is 2.68 bits per heavy atom. The number of aromatic nitrogens is 1. The highest BCUT2D eigenvalue weighted by atomic mass is 32.1. The minimum Gasteiger partial charge on any atom is -0.497 e. The maximum Gasteiger partial charge on any atom is 0.275 e. The van der Waals surface area contributed by atoms with Crippen LogP contribution in [0.4, 0.5) is 5.69 Å². The number of amides is 2. The minimum absolute atomic E-state index is 0.185. The van der Waals surface area contributed by atoms with Crippen molar-refractivity contribution < 1.29 is 14.3 Å². The molecule has 1 aliphatic rings. The van der Waals surface area contributed by atoms with Crippen LogP contribution in [0.5, 0.6) is 5.75 Å². The number of carbonyl (C=O) groups excluding carboxylic acids is 2. The van der Waals surface area contributed by atoms with Crippen LogP contribution >= 0.6 is 11.3 Å². The van der Waals surface area contributed by atoms with E-state index in [4.69, 9.17) is 4.74 Å². The molecule has 0 unspecified atom stereocenters. The molecule has 0 saturated carbocycles. The van der Waals surface area contributed by atoms with E-state index in [1.54, 1.807) is 13.2 Å². The van der Waals surface area contributed by atoms with E-state index in [1.165, 1.54) is 11.3 Å². The second-order valence-electron chi connectivity index (χ2n) is 8.29. The number of allylic oxidation sites excluding steroid dienone is 1. The van der Waals surface area contributed by atoms with E-state index in [2.05, 4.69) is 16.9 Å². The van der Waals surface area contributed by atoms with Gasteiger partial charge in [-0.3, -0.25) is 9.59 Å². The Hall–Kier alpha value is -3.45. The van der Waals surface area contributed by atoms with Crippen LogP contribution < -0.4 is 10.1 Å². The molecule has 0 bridgehead atoms. The standard InChI is InChI=1S/C27H29N3O3S/c1-3-4-10-25(31)30-15-13-20(14-16-30)27-29-24(18-34-27)26(32)28-23-17-21(33-2)11-12-22(23)19-8-6-5-7-9-19/h3,5-9,11-12,17-18,20H,1,4,10,13-16H2,2H3,(H,28,32). The number of anilines is 1. The van der Waals surface area contributed by atoms with E-state index in [0.717, 1.165) is 42.1 Å². The van der Waals surface area contributed by atoms with Gasteiger partial charge < -0.3 is 15.0 Å². The van der Waals surface area contributed by atoms with E-state index in [-0.39, 0.29) is 17.7 Å². The Morgan fingerprint density at radius 2 is 1.97 bits per heavy atom. The molecule has 0 radical (unpaired) electrons. The summed E-state index contributed by atoms with van der Waals surface area (Å²) in [5.41, 5.74) is 3.01. The van der Waals surface area contributed by atoms with Crippen LogP contribution in [0.3, 0.4) is 0 Å². The number of benzene rings is 2. The monoisotopic (exact) mass is 475 g/mol. The summed E-state index contributed by atoms with van der Waals surface area (Å²) in [6, 6.07) is 15.6. The van der Waals surface area contributed by atoms with Crippen molar-refractivity contribution in [2.45, 2.75) is 31.6 Å². The van der Waals surface area contributed by atoms with Gasteiger partial charge in [0.2, 0.25) is 5.91 Å². The summed E-state index contributed by atoms with van der Waals surface area (Å²) >= 11 is 1.51. The van der Waals surface area contributed by atoms with Crippen LogP contribution in [-0.4, -0.2) is 41.9 Å². The number of ether oxygens (including phenoxy) is 1. The van der Waals surface area contributed by atoms with Crippen molar-refractivity contribution >= 4 is 28.8 Å². The molecule has 2 amide bonds. The number of thiazole rings is 1. The maximum atomic E-state index is 13.1. The molecule has 1 N–H and O–H groups in total. The molecule has 0 aliphatic carbocycles. The molecule has 3 aromatic rings. The van der Waals surface area contributed by atoms with E-state index in [1.807, 2.05) is 58.8 Å². The number of hydrogen-bond acceptors (Lipinski definition) is 5. The number of methoxy groups -OCH3 is 1. The summed E-state index contributed by atoms with van der Waals surface area (Å²) in [6.45, 7) is 5.14. The molecule has 1 fully saturated rings. The van der Waals surface area contributed by atoms with Gasteiger partial charge in [-0.15, -0.1) is 17.9 Å². The Bertz CT molecular complexity index is 1150. The molecule has 0 spiro atoms. The van der Waals surface area contributed by atoms with E-state index in [0.29, 0.717) is 30.0 Å². The predicted molar refractivity (Wildman–Crippen MR) is 136 cm³/mol. The third-order valence-electron chi connectivity index (χ3n) is 6.07. The first-order valence-electron chi connectivity index (χ1n) is 11.5. The number of hydrogen-bond donors (Lipinski definition) is 1. The highest BCUT2D eigenvalue weighted by Gasteiger charge is 2.26. The normalized spacial score (nSPS) is 14.0. The smallest absolute Gasteiger partial charge is 0.275 e. The fourth-order valence-electron chi connectivity index (χ4n) is 4.15. The Labute approximate surface area is 204 Å². The van der Waals surface area contributed by atoms with Gasteiger partial charge in [0.1, 0.15) is 11.4 Å². The number of likely N-dealkylation sites (tertiary alicyclic amines) is 1. The van der Waals surface area contributed by atoms with Crippen LogP contribution in [0.15, 0.2) is 66.6 Å². The lowest BCUT2D eigenvalue weighted by Crippen LogP contribution is -2.37. The molecule has 7 heteroatoms. The third-order valence-corrected chi connectivity index (χ3v) is 7.08. The molecule has 2 heterocycles. The van der Waals surface area contributed by atoms with Gasteiger partial charge in [-0.1, -0.05) is 36.4 Å². The molecule has 4 rings (SSSR count). The van der Waals surface area contributed by atoms with Crippen LogP contribution in [0.2, 0.25) is 0 Å². The van der Waals surface area contributed by atoms with Crippen LogP contribution in [-0.2, 0) is 4.79 Å². The van der Waals surface area contributed by atoms with Crippen molar-refractivity contribution in [1.29, 1.82) is 0 Å². The highest BCUT2D eigenvalue weighted by Crippen LogP contribution is 2.33. The summed E-state index contributed by atoms with van der Waals surface area (Å²) in [5.74, 6) is 0.880. The molecule has 6 nitrogen and oxygen atoms in total. The zero-order chi connectivity index (χ0) is 23.9. The van der Waals surface area contributed by atoms with Gasteiger partial charge in [0.15, 0.2) is 0 Å². The molecule has 176 valence electrons. The summed E-state index contributed by atoms with van der Waals surface area (Å²) in [5, 5.41) is 5.79. The fourth-order valence-corrected chi connectivity index (χ4v) is 5.12. The SMILES string of the molecule is C=CCCC(=O)N1CCC(c2nc(C(=O)Nc3cc(OC)ccc3-c3ccccc3)cs2)CC1. The van der Waals surface area contributed by atoms with E-state index >= 15 is 0 Å². The topological polar surface area (TPSA) is 71.5 Å². The molecule has 0 atom stereocenters. The second-order valence-corrected chi connectivity index (χ2v) is 9.17. The van der Waals surface area contributed by atoms with Crippen LogP contribution in [0.1, 0.15) is 47.1 Å². The van der Waals surface area contributed by atoms with Crippen molar-refractivity contribution in [2.75, 3.05) is 25.5 Å². The van der Waals surface area contributed by atoms with Gasteiger partial charge in [-0.2, -0.15) is 0 Å². The lowest BCUT2D eigenvalue weighted by atomic mass is 9.97. The predicted octanol–water partition coefficient (Wildman–Crippen LogP) is 5.74. The van der Waals surface area contributed by atoms with Gasteiger partial charge in [-0.05, 0) is 37.0 Å². The fraction of sp³-hybridized carbons (Fsp3) is 0.296. The Morgan fingerprint density at radius 1 is 1.21 bits per heavy atom. The lowest BCUT2D eigenvalue weighted by Gasteiger charge is -2.31. The van der Waals surface area contributed by atoms with Crippen molar-refractivity contribution in [3.05, 3.63) is 77.3 Å². The molecule has 1 aromatic heterocycles. The van der Waals surface area contributed by atoms with Gasteiger partial charge >= 0.3 is 0 Å². The molecule has 1 aliphatic heterocycles. The summed E-state index contributed by atoms with van der Waals surface area (Å²) in [7, 11) is 1.61. The summed E-state index contributed by atoms with van der Waals surface area (Å²) in [4.78, 5) is 31.9. The Balaban J connectivity index is 1.44. The van der Waals surface area contributed by atoms with Crippen molar-refractivity contribution in [2.24, 2.45) is 0 Å². The molecule has 2 aromatic carbocycles. The molecular weight excluding hydrogens is 446 g/mol. The maximum absolute atomic E-state index is 13.1. The second kappa shape index (κ2) is 11.1. The van der Waals surface area contributed by atoms with E-state index in [9.17, 15) is 9.59 Å². The number of piperidine rings is 1. The highest BCUT2D eigenvalue weighted by molar-refractivity contribution is 7.10. The average molecular weight is 476 g/mol. The van der Waals surface area contributed by atoms with Gasteiger partial charge in [0.25, 0.3) is 5.91 Å². The first-order chi connectivity index (χ1) is 16.6. The minimum atomic E-state index is -0.245. The summed E-state index contributed by atoms with van der Waals surface area (Å²) in [6.07, 6.45) is 4.74. The number of nitrogens with one attached hydrogen (secondary N) is 1. The first kappa shape index (κ1) is 23.7. The van der Waals surface area contributed by atoms with Gasteiger partial charge in [0.05, 0.1) is 17.8 Å².